The Morgan fingerprint density at radius 1 is 1.24 bits per heavy atom. The Bertz CT molecular complexity index is 1330. The molecular formula is C24H19ClFN3O5. The van der Waals surface area contributed by atoms with Gasteiger partial charge < -0.3 is 24.1 Å². The summed E-state index contributed by atoms with van der Waals surface area (Å²) in [5, 5.41) is 12.5. The summed E-state index contributed by atoms with van der Waals surface area (Å²) in [4.78, 5) is 25.0. The van der Waals surface area contributed by atoms with Gasteiger partial charge in [-0.2, -0.15) is 5.26 Å². The second kappa shape index (κ2) is 9.45. The summed E-state index contributed by atoms with van der Waals surface area (Å²) in [6.45, 7) is 3.30. The van der Waals surface area contributed by atoms with Crippen molar-refractivity contribution in [3.63, 3.8) is 0 Å². The van der Waals surface area contributed by atoms with Gasteiger partial charge in [0.05, 0.1) is 16.1 Å². The molecule has 1 aliphatic heterocycles. The van der Waals surface area contributed by atoms with Crippen molar-refractivity contribution in [2.24, 2.45) is 0 Å². The topological polar surface area (TPSA) is 103 Å². The van der Waals surface area contributed by atoms with E-state index in [1.807, 2.05) is 6.92 Å². The Labute approximate surface area is 199 Å². The largest absolute Gasteiger partial charge is 0.454 e. The van der Waals surface area contributed by atoms with Gasteiger partial charge in [-0.25, -0.2) is 9.18 Å². The molecule has 34 heavy (non-hydrogen) atoms. The van der Waals surface area contributed by atoms with Gasteiger partial charge in [0, 0.05) is 12.2 Å². The van der Waals surface area contributed by atoms with Crippen LogP contribution in [0.15, 0.2) is 36.4 Å². The number of nitriles is 1. The lowest BCUT2D eigenvalue weighted by Crippen LogP contribution is -2.23. The molecule has 0 bridgehead atoms. The van der Waals surface area contributed by atoms with Crippen LogP contribution in [0.4, 0.5) is 10.2 Å². The third-order valence-corrected chi connectivity index (χ3v) is 5.73. The van der Waals surface area contributed by atoms with Crippen LogP contribution in [-0.2, 0) is 16.1 Å². The summed E-state index contributed by atoms with van der Waals surface area (Å²) in [6, 6.07) is 10.8. The zero-order valence-corrected chi connectivity index (χ0v) is 19.0. The molecule has 0 atom stereocenters. The Morgan fingerprint density at radius 3 is 2.68 bits per heavy atom. The first-order valence-corrected chi connectivity index (χ1v) is 10.6. The first-order valence-electron chi connectivity index (χ1n) is 10.2. The second-order valence-corrected chi connectivity index (χ2v) is 7.98. The van der Waals surface area contributed by atoms with Crippen molar-refractivity contribution in [1.82, 2.24) is 4.57 Å². The molecule has 1 aliphatic rings. The molecule has 2 heterocycles. The fourth-order valence-corrected chi connectivity index (χ4v) is 3.83. The number of fused-ring (bicyclic) bond motifs is 1. The number of aromatic nitrogens is 1. The fourth-order valence-electron chi connectivity index (χ4n) is 3.57. The lowest BCUT2D eigenvalue weighted by Gasteiger charge is -2.13. The quantitative estimate of drug-likeness (QED) is 0.523. The summed E-state index contributed by atoms with van der Waals surface area (Å²) in [5.74, 6) is -0.839. The number of ether oxygens (including phenoxy) is 3. The average Bonchev–Trinajstić information content (AvgIpc) is 3.38. The van der Waals surface area contributed by atoms with Gasteiger partial charge in [-0.05, 0) is 49.2 Å². The maximum atomic E-state index is 13.3. The summed E-state index contributed by atoms with van der Waals surface area (Å²) < 4.78 is 30.6. The molecular weight excluding hydrogens is 465 g/mol. The minimum Gasteiger partial charge on any atom is -0.454 e. The molecule has 174 valence electrons. The number of hydrogen-bond donors (Lipinski definition) is 1. The van der Waals surface area contributed by atoms with Crippen LogP contribution in [0.1, 0.15) is 32.7 Å². The molecule has 0 fully saturated rings. The van der Waals surface area contributed by atoms with Crippen LogP contribution >= 0.6 is 11.6 Å². The van der Waals surface area contributed by atoms with E-state index in [2.05, 4.69) is 11.4 Å². The third kappa shape index (κ3) is 4.54. The van der Waals surface area contributed by atoms with Gasteiger partial charge in [-0.1, -0.05) is 23.7 Å². The van der Waals surface area contributed by atoms with E-state index in [0.29, 0.717) is 29.2 Å². The van der Waals surface area contributed by atoms with Gasteiger partial charge in [0.1, 0.15) is 17.7 Å². The maximum Gasteiger partial charge on any atom is 0.338 e. The van der Waals surface area contributed by atoms with Crippen LogP contribution < -0.4 is 14.8 Å². The summed E-state index contributed by atoms with van der Waals surface area (Å²) in [5.41, 5.74) is 2.65. The summed E-state index contributed by atoms with van der Waals surface area (Å²) in [7, 11) is 0. The van der Waals surface area contributed by atoms with Crippen LogP contribution in [-0.4, -0.2) is 29.8 Å². The molecule has 0 unspecified atom stereocenters. The minimum atomic E-state index is -0.773. The Morgan fingerprint density at radius 2 is 1.97 bits per heavy atom. The molecule has 1 aromatic heterocycles. The van der Waals surface area contributed by atoms with Crippen molar-refractivity contribution in [3.05, 3.63) is 75.2 Å². The van der Waals surface area contributed by atoms with Crippen LogP contribution in [0.5, 0.6) is 11.5 Å². The summed E-state index contributed by atoms with van der Waals surface area (Å²) >= 11 is 6.09. The highest BCUT2D eigenvalue weighted by molar-refractivity contribution is 6.32. The molecule has 0 aliphatic carbocycles. The molecule has 1 amide bonds. The number of benzene rings is 2. The summed E-state index contributed by atoms with van der Waals surface area (Å²) in [6.07, 6.45) is 0. The number of halogens is 2. The molecule has 0 radical (unpaired) electrons. The standard InChI is InChI=1S/C24H19ClFN3O5/c1-13-14(2)29(10-15-3-5-17(26)6-4-15)23(18(13)9-27)28-21(30)11-32-24(31)16-7-19(25)22-20(8-16)33-12-34-22/h3-8H,10-12H2,1-2H3,(H,28,30). The highest BCUT2D eigenvalue weighted by Crippen LogP contribution is 2.40. The number of nitrogens with zero attached hydrogens (tertiary/aromatic N) is 2. The number of carbonyl (C=O) groups excluding carboxylic acids is 2. The van der Waals surface area contributed by atoms with Gasteiger partial charge in [0.25, 0.3) is 5.91 Å². The van der Waals surface area contributed by atoms with Crippen molar-refractivity contribution >= 4 is 29.3 Å². The van der Waals surface area contributed by atoms with Crippen molar-refractivity contribution < 1.29 is 28.2 Å². The predicted octanol–water partition coefficient (Wildman–Crippen LogP) is 4.34. The normalized spacial score (nSPS) is 11.7. The van der Waals surface area contributed by atoms with Gasteiger partial charge in [0.15, 0.2) is 18.1 Å². The van der Waals surface area contributed by atoms with E-state index >= 15 is 0 Å². The van der Waals surface area contributed by atoms with E-state index in [0.717, 1.165) is 11.3 Å². The van der Waals surface area contributed by atoms with E-state index in [9.17, 15) is 19.2 Å². The lowest BCUT2D eigenvalue weighted by molar-refractivity contribution is -0.119. The second-order valence-electron chi connectivity index (χ2n) is 7.57. The van der Waals surface area contributed by atoms with Crippen molar-refractivity contribution in [3.8, 4) is 17.6 Å². The molecule has 0 saturated carbocycles. The number of nitrogens with one attached hydrogen (secondary N) is 1. The van der Waals surface area contributed by atoms with Gasteiger partial charge in [-0.15, -0.1) is 0 Å². The molecule has 10 heteroatoms. The Kier molecular flexibility index (Phi) is 6.43. The first-order chi connectivity index (χ1) is 16.3. The van der Waals surface area contributed by atoms with E-state index in [1.165, 1.54) is 24.3 Å². The minimum absolute atomic E-state index is 0.00636. The SMILES string of the molecule is Cc1c(C#N)c(NC(=O)COC(=O)c2cc(Cl)c3c(c2)OCO3)n(Cc2ccc(F)cc2)c1C. The van der Waals surface area contributed by atoms with Gasteiger partial charge >= 0.3 is 5.97 Å². The molecule has 3 aromatic rings. The third-order valence-electron chi connectivity index (χ3n) is 5.45. The van der Waals surface area contributed by atoms with Crippen LogP contribution in [0.25, 0.3) is 0 Å². The number of amides is 1. The van der Waals surface area contributed by atoms with E-state index in [4.69, 9.17) is 25.8 Å². The lowest BCUT2D eigenvalue weighted by atomic mass is 10.2. The van der Waals surface area contributed by atoms with Crippen molar-refractivity contribution in [2.45, 2.75) is 20.4 Å². The molecule has 0 spiro atoms. The molecule has 4 rings (SSSR count). The van der Waals surface area contributed by atoms with Gasteiger partial charge in [0.2, 0.25) is 6.79 Å². The number of anilines is 1. The van der Waals surface area contributed by atoms with E-state index < -0.39 is 18.5 Å². The van der Waals surface area contributed by atoms with Crippen molar-refractivity contribution in [2.75, 3.05) is 18.7 Å². The Balaban J connectivity index is 1.49. The highest BCUT2D eigenvalue weighted by atomic mass is 35.5. The molecule has 1 N–H and O–H groups in total. The smallest absolute Gasteiger partial charge is 0.338 e. The monoisotopic (exact) mass is 483 g/mol. The number of hydrogen-bond acceptors (Lipinski definition) is 6. The zero-order chi connectivity index (χ0) is 24.4. The van der Waals surface area contributed by atoms with E-state index in [-0.39, 0.29) is 29.0 Å². The number of carbonyl (C=O) groups is 2. The molecule has 8 nitrogen and oxygen atoms in total. The van der Waals surface area contributed by atoms with Gasteiger partial charge in [-0.3, -0.25) is 4.79 Å². The van der Waals surface area contributed by atoms with Crippen LogP contribution in [0.2, 0.25) is 5.02 Å². The maximum absolute atomic E-state index is 13.3. The fraction of sp³-hybridized carbons (Fsp3) is 0.208. The molecule has 2 aromatic carbocycles. The van der Waals surface area contributed by atoms with E-state index in [1.54, 1.807) is 23.6 Å². The van der Waals surface area contributed by atoms with Crippen molar-refractivity contribution in [1.29, 1.82) is 5.26 Å². The predicted molar refractivity (Wildman–Crippen MR) is 121 cm³/mol. The van der Waals surface area contributed by atoms with Crippen LogP contribution in [0, 0.1) is 31.0 Å². The molecule has 0 saturated heterocycles. The first kappa shape index (κ1) is 23.1. The average molecular weight is 484 g/mol. The highest BCUT2D eigenvalue weighted by Gasteiger charge is 2.23. The Hall–Kier alpha value is -4.03. The number of rotatable bonds is 6. The number of esters is 1. The zero-order valence-electron chi connectivity index (χ0n) is 18.3. The van der Waals surface area contributed by atoms with Crippen LogP contribution in [0.3, 0.4) is 0 Å².